The lowest BCUT2D eigenvalue weighted by molar-refractivity contribution is 0.124. The van der Waals surface area contributed by atoms with Gasteiger partial charge >= 0.3 is 0 Å². The second-order valence-corrected chi connectivity index (χ2v) is 9.59. The molecule has 1 heterocycles. The standard InChI is InChI=1S/C32H40N4O2/c1-7-34(8-2)27-20-16-25(17-21-27)32(38,26-18-22-28(23-19-26)35(9-3)10-4)30-24(5)33(6)36(31(30)37)29-14-12-11-13-15-29/h11-23,38H,7-10H2,1-6H3. The largest absolute Gasteiger partial charge is 0.376 e. The van der Waals surface area contributed by atoms with Crippen molar-refractivity contribution in [2.24, 2.45) is 7.05 Å². The van der Waals surface area contributed by atoms with Gasteiger partial charge in [-0.05, 0) is 82.1 Å². The van der Waals surface area contributed by atoms with Crippen LogP contribution < -0.4 is 15.4 Å². The van der Waals surface area contributed by atoms with Gasteiger partial charge in [-0.1, -0.05) is 42.5 Å². The number of hydrogen-bond donors (Lipinski definition) is 1. The Kier molecular flexibility index (Phi) is 8.12. The Morgan fingerprint density at radius 2 is 1.13 bits per heavy atom. The molecule has 0 aliphatic rings. The first-order valence-electron chi connectivity index (χ1n) is 13.6. The van der Waals surface area contributed by atoms with E-state index in [9.17, 15) is 9.90 Å². The molecule has 3 aromatic carbocycles. The Labute approximate surface area is 226 Å². The zero-order chi connectivity index (χ0) is 27.4. The van der Waals surface area contributed by atoms with Gasteiger partial charge in [0, 0.05) is 50.3 Å². The lowest BCUT2D eigenvalue weighted by Crippen LogP contribution is -2.35. The molecule has 0 aliphatic heterocycles. The van der Waals surface area contributed by atoms with Crippen LogP contribution in [0.15, 0.2) is 83.7 Å². The van der Waals surface area contributed by atoms with E-state index in [0.29, 0.717) is 22.4 Å². The number of para-hydroxylation sites is 1. The van der Waals surface area contributed by atoms with Gasteiger partial charge in [-0.2, -0.15) is 0 Å². The minimum Gasteiger partial charge on any atom is -0.376 e. The van der Waals surface area contributed by atoms with E-state index in [1.807, 2.05) is 97.5 Å². The van der Waals surface area contributed by atoms with E-state index >= 15 is 0 Å². The summed E-state index contributed by atoms with van der Waals surface area (Å²) < 4.78 is 3.46. The zero-order valence-corrected chi connectivity index (χ0v) is 23.5. The average molecular weight is 513 g/mol. The Hall–Kier alpha value is -3.77. The maximum atomic E-state index is 14.1. The first-order chi connectivity index (χ1) is 18.3. The molecular weight excluding hydrogens is 472 g/mol. The van der Waals surface area contributed by atoms with E-state index < -0.39 is 5.60 Å². The molecule has 1 N–H and O–H groups in total. The van der Waals surface area contributed by atoms with Crippen molar-refractivity contribution < 1.29 is 5.11 Å². The zero-order valence-electron chi connectivity index (χ0n) is 23.5. The Bertz CT molecular complexity index is 1340. The first kappa shape index (κ1) is 27.3. The Morgan fingerprint density at radius 1 is 0.711 bits per heavy atom. The third-order valence-corrected chi connectivity index (χ3v) is 7.74. The van der Waals surface area contributed by atoms with Gasteiger partial charge < -0.3 is 14.9 Å². The SMILES string of the molecule is CCN(CC)c1ccc(C(O)(c2ccc(N(CC)CC)cc2)c2c(C)n(C)n(-c3ccccc3)c2=O)cc1. The molecule has 0 unspecified atom stereocenters. The van der Waals surface area contributed by atoms with Gasteiger partial charge in [0.15, 0.2) is 0 Å². The molecule has 0 radical (unpaired) electrons. The summed E-state index contributed by atoms with van der Waals surface area (Å²) in [6.45, 7) is 14.0. The third-order valence-electron chi connectivity index (χ3n) is 7.74. The highest BCUT2D eigenvalue weighted by atomic mass is 16.3. The van der Waals surface area contributed by atoms with Crippen molar-refractivity contribution in [3.8, 4) is 5.69 Å². The van der Waals surface area contributed by atoms with E-state index in [4.69, 9.17) is 0 Å². The van der Waals surface area contributed by atoms with E-state index in [1.54, 1.807) is 4.68 Å². The third kappa shape index (κ3) is 4.65. The summed E-state index contributed by atoms with van der Waals surface area (Å²) in [6, 6.07) is 25.5. The van der Waals surface area contributed by atoms with Gasteiger partial charge in [-0.25, -0.2) is 4.68 Å². The molecular formula is C32H40N4O2. The van der Waals surface area contributed by atoms with Crippen LogP contribution in [0.4, 0.5) is 11.4 Å². The van der Waals surface area contributed by atoms with Crippen molar-refractivity contribution in [1.82, 2.24) is 9.36 Å². The summed E-state index contributed by atoms with van der Waals surface area (Å²) in [5.41, 5.74) is 3.45. The van der Waals surface area contributed by atoms with E-state index in [1.165, 1.54) is 0 Å². The van der Waals surface area contributed by atoms with Crippen LogP contribution >= 0.6 is 0 Å². The number of nitrogens with zero attached hydrogens (tertiary/aromatic N) is 4. The summed E-state index contributed by atoms with van der Waals surface area (Å²) >= 11 is 0. The molecule has 0 saturated heterocycles. The fraction of sp³-hybridized carbons (Fsp3) is 0.344. The molecule has 1 aromatic heterocycles. The lowest BCUT2D eigenvalue weighted by Gasteiger charge is -2.31. The number of benzene rings is 3. The molecule has 0 amide bonds. The normalized spacial score (nSPS) is 11.6. The van der Waals surface area contributed by atoms with E-state index in [2.05, 4.69) is 37.5 Å². The topological polar surface area (TPSA) is 53.6 Å². The molecule has 6 nitrogen and oxygen atoms in total. The maximum Gasteiger partial charge on any atom is 0.278 e. The molecule has 38 heavy (non-hydrogen) atoms. The van der Waals surface area contributed by atoms with Crippen LogP contribution in [0.25, 0.3) is 5.69 Å². The minimum absolute atomic E-state index is 0.237. The molecule has 0 bridgehead atoms. The van der Waals surface area contributed by atoms with Crippen LogP contribution in [0.1, 0.15) is 50.1 Å². The number of rotatable bonds is 10. The Balaban J connectivity index is 1.95. The smallest absolute Gasteiger partial charge is 0.278 e. The van der Waals surface area contributed by atoms with Crippen LogP contribution in [0, 0.1) is 6.92 Å². The quantitative estimate of drug-likeness (QED) is 0.307. The Morgan fingerprint density at radius 3 is 1.53 bits per heavy atom. The fourth-order valence-corrected chi connectivity index (χ4v) is 5.44. The van der Waals surface area contributed by atoms with Gasteiger partial charge in [0.2, 0.25) is 0 Å². The van der Waals surface area contributed by atoms with Gasteiger partial charge in [0.1, 0.15) is 5.60 Å². The number of aliphatic hydroxyl groups is 1. The highest BCUT2D eigenvalue weighted by Crippen LogP contribution is 2.38. The summed E-state index contributed by atoms with van der Waals surface area (Å²) in [5.74, 6) is 0. The van der Waals surface area contributed by atoms with Crippen molar-refractivity contribution in [3.05, 3.63) is 112 Å². The van der Waals surface area contributed by atoms with Crippen molar-refractivity contribution >= 4 is 11.4 Å². The van der Waals surface area contributed by atoms with Crippen molar-refractivity contribution in [2.45, 2.75) is 40.2 Å². The van der Waals surface area contributed by atoms with Crippen LogP contribution in [0.2, 0.25) is 0 Å². The van der Waals surface area contributed by atoms with Crippen molar-refractivity contribution in [2.75, 3.05) is 36.0 Å². The van der Waals surface area contributed by atoms with Crippen molar-refractivity contribution in [1.29, 1.82) is 0 Å². The van der Waals surface area contributed by atoms with Gasteiger partial charge in [-0.15, -0.1) is 0 Å². The average Bonchev–Trinajstić information content (AvgIpc) is 3.18. The number of aromatic nitrogens is 2. The number of hydrogen-bond acceptors (Lipinski definition) is 4. The first-order valence-corrected chi connectivity index (χ1v) is 13.6. The molecule has 200 valence electrons. The predicted octanol–water partition coefficient (Wildman–Crippen LogP) is 5.46. The predicted molar refractivity (Wildman–Crippen MR) is 158 cm³/mol. The van der Waals surface area contributed by atoms with Crippen LogP contribution in [0.3, 0.4) is 0 Å². The minimum atomic E-state index is -1.64. The molecule has 6 heteroatoms. The molecule has 0 atom stereocenters. The van der Waals surface area contributed by atoms with E-state index in [0.717, 1.165) is 43.2 Å². The highest BCUT2D eigenvalue weighted by Gasteiger charge is 2.40. The lowest BCUT2D eigenvalue weighted by atomic mass is 9.80. The highest BCUT2D eigenvalue weighted by molar-refractivity contribution is 5.56. The second-order valence-electron chi connectivity index (χ2n) is 9.59. The van der Waals surface area contributed by atoms with Crippen LogP contribution in [-0.2, 0) is 12.6 Å². The molecule has 0 spiro atoms. The van der Waals surface area contributed by atoms with Gasteiger partial charge in [0.25, 0.3) is 5.56 Å². The second kappa shape index (κ2) is 11.3. The molecule has 0 fully saturated rings. The van der Waals surface area contributed by atoms with Gasteiger partial charge in [0.05, 0.1) is 11.3 Å². The van der Waals surface area contributed by atoms with Gasteiger partial charge in [-0.3, -0.25) is 9.48 Å². The summed E-state index contributed by atoms with van der Waals surface area (Å²) in [6.07, 6.45) is 0. The number of anilines is 2. The summed E-state index contributed by atoms with van der Waals surface area (Å²) in [4.78, 5) is 18.6. The molecule has 4 rings (SSSR count). The molecule has 4 aromatic rings. The van der Waals surface area contributed by atoms with E-state index in [-0.39, 0.29) is 5.56 Å². The fourth-order valence-electron chi connectivity index (χ4n) is 5.44. The molecule has 0 aliphatic carbocycles. The van der Waals surface area contributed by atoms with Crippen LogP contribution in [-0.4, -0.2) is 40.6 Å². The molecule has 0 saturated carbocycles. The summed E-state index contributed by atoms with van der Waals surface area (Å²) in [7, 11) is 1.86. The maximum absolute atomic E-state index is 14.1. The summed E-state index contributed by atoms with van der Waals surface area (Å²) in [5, 5.41) is 12.7. The van der Waals surface area contributed by atoms with Crippen molar-refractivity contribution in [3.63, 3.8) is 0 Å². The van der Waals surface area contributed by atoms with Crippen LogP contribution in [0.5, 0.6) is 0 Å². The monoisotopic (exact) mass is 512 g/mol.